The lowest BCUT2D eigenvalue weighted by Crippen LogP contribution is -1.66. The number of rotatable bonds is 0. The summed E-state index contributed by atoms with van der Waals surface area (Å²) in [6, 6.07) is 13.3. The van der Waals surface area contributed by atoms with Gasteiger partial charge in [-0.1, -0.05) is 24.1 Å². The molecule has 1 aromatic carbocycles. The maximum atomic E-state index is 5.10. The molecule has 0 saturated carbocycles. The molecular formula is C12H10O. The van der Waals surface area contributed by atoms with E-state index in [4.69, 9.17) is 6.42 Å². The molecule has 0 radical (unpaired) electrons. The minimum absolute atomic E-state index is 0.938. The minimum atomic E-state index is 0.938. The molecule has 2 rings (SSSR count). The standard InChI is InChI=1S/C8H6.C4H4O/c1-2-8-6-4-3-5-7-8;1-2-4-5-3-1/h1,3-7H;1-4H. The van der Waals surface area contributed by atoms with E-state index in [-0.39, 0.29) is 0 Å². The van der Waals surface area contributed by atoms with E-state index < -0.39 is 0 Å². The molecule has 0 spiro atoms. The summed E-state index contributed by atoms with van der Waals surface area (Å²) in [5.41, 5.74) is 0.938. The summed E-state index contributed by atoms with van der Waals surface area (Å²) in [5.74, 6) is 2.53. The molecule has 1 heterocycles. The summed E-state index contributed by atoms with van der Waals surface area (Å²) >= 11 is 0. The Bertz CT molecular complexity index is 323. The molecule has 0 bridgehead atoms. The first-order valence-electron chi connectivity index (χ1n) is 3.92. The van der Waals surface area contributed by atoms with E-state index in [1.165, 1.54) is 0 Å². The lowest BCUT2D eigenvalue weighted by Gasteiger charge is -1.82. The first-order valence-corrected chi connectivity index (χ1v) is 3.92. The molecule has 0 saturated heterocycles. The van der Waals surface area contributed by atoms with Crippen molar-refractivity contribution in [1.29, 1.82) is 0 Å². The zero-order chi connectivity index (χ0) is 9.36. The smallest absolute Gasteiger partial charge is 0.0902 e. The van der Waals surface area contributed by atoms with Crippen LogP contribution in [0.2, 0.25) is 0 Å². The zero-order valence-electron chi connectivity index (χ0n) is 7.18. The summed E-state index contributed by atoms with van der Waals surface area (Å²) in [6.07, 6.45) is 8.35. The van der Waals surface area contributed by atoms with Crippen molar-refractivity contribution in [2.75, 3.05) is 0 Å². The predicted octanol–water partition coefficient (Wildman–Crippen LogP) is 2.95. The number of furan rings is 1. The molecular weight excluding hydrogens is 160 g/mol. The van der Waals surface area contributed by atoms with Gasteiger partial charge in [-0.2, -0.15) is 0 Å². The summed E-state index contributed by atoms with van der Waals surface area (Å²) in [5, 5.41) is 0. The number of hydrogen-bond donors (Lipinski definition) is 0. The van der Waals surface area contributed by atoms with Crippen LogP contribution in [0.3, 0.4) is 0 Å². The van der Waals surface area contributed by atoms with Gasteiger partial charge in [0.25, 0.3) is 0 Å². The van der Waals surface area contributed by atoms with Gasteiger partial charge in [0.2, 0.25) is 0 Å². The largest absolute Gasteiger partial charge is 0.473 e. The van der Waals surface area contributed by atoms with Gasteiger partial charge in [-0.15, -0.1) is 6.42 Å². The van der Waals surface area contributed by atoms with E-state index >= 15 is 0 Å². The van der Waals surface area contributed by atoms with Crippen LogP contribution in [0.1, 0.15) is 5.56 Å². The average molecular weight is 170 g/mol. The molecule has 0 aliphatic rings. The molecule has 0 aliphatic heterocycles. The number of hydrogen-bond acceptors (Lipinski definition) is 1. The molecule has 0 atom stereocenters. The highest BCUT2D eigenvalue weighted by atomic mass is 16.3. The van der Waals surface area contributed by atoms with Gasteiger partial charge in [0, 0.05) is 5.56 Å². The molecule has 64 valence electrons. The predicted molar refractivity (Wildman–Crippen MR) is 53.1 cm³/mol. The van der Waals surface area contributed by atoms with Crippen molar-refractivity contribution >= 4 is 0 Å². The first kappa shape index (κ1) is 9.15. The van der Waals surface area contributed by atoms with Crippen LogP contribution in [0.15, 0.2) is 59.4 Å². The third-order valence-corrected chi connectivity index (χ3v) is 1.37. The van der Waals surface area contributed by atoms with E-state index in [0.29, 0.717) is 0 Å². The van der Waals surface area contributed by atoms with Crippen LogP contribution >= 0.6 is 0 Å². The number of terminal acetylenes is 1. The SMILES string of the molecule is C#Cc1ccccc1.c1ccoc1. The Morgan fingerprint density at radius 1 is 0.923 bits per heavy atom. The first-order chi connectivity index (χ1) is 6.43. The molecule has 0 N–H and O–H groups in total. The topological polar surface area (TPSA) is 13.1 Å². The number of benzene rings is 1. The van der Waals surface area contributed by atoms with Gasteiger partial charge < -0.3 is 4.42 Å². The highest BCUT2D eigenvalue weighted by molar-refractivity contribution is 5.30. The third-order valence-electron chi connectivity index (χ3n) is 1.37. The zero-order valence-corrected chi connectivity index (χ0v) is 7.18. The normalized spacial score (nSPS) is 7.92. The quantitative estimate of drug-likeness (QED) is 0.554. The van der Waals surface area contributed by atoms with E-state index in [1.807, 2.05) is 42.5 Å². The monoisotopic (exact) mass is 170 g/mol. The van der Waals surface area contributed by atoms with Crippen molar-refractivity contribution in [2.24, 2.45) is 0 Å². The summed E-state index contributed by atoms with van der Waals surface area (Å²) in [6.45, 7) is 0. The van der Waals surface area contributed by atoms with Gasteiger partial charge in [-0.3, -0.25) is 0 Å². The van der Waals surface area contributed by atoms with Gasteiger partial charge in [-0.05, 0) is 24.3 Å². The van der Waals surface area contributed by atoms with Crippen molar-refractivity contribution < 1.29 is 4.42 Å². The second kappa shape index (κ2) is 5.68. The molecule has 1 heteroatoms. The highest BCUT2D eigenvalue weighted by Crippen LogP contribution is 1.93. The van der Waals surface area contributed by atoms with E-state index in [0.717, 1.165) is 5.56 Å². The third kappa shape index (κ3) is 3.83. The van der Waals surface area contributed by atoms with Crippen LogP contribution in [0.5, 0.6) is 0 Å². The van der Waals surface area contributed by atoms with Gasteiger partial charge in [0.15, 0.2) is 0 Å². The average Bonchev–Trinajstić information content (AvgIpc) is 2.77. The van der Waals surface area contributed by atoms with Gasteiger partial charge in [0.1, 0.15) is 0 Å². The van der Waals surface area contributed by atoms with Crippen LogP contribution in [-0.2, 0) is 0 Å². The Kier molecular flexibility index (Phi) is 4.00. The fourth-order valence-electron chi connectivity index (χ4n) is 0.761. The molecule has 0 unspecified atom stereocenters. The summed E-state index contributed by atoms with van der Waals surface area (Å²) in [7, 11) is 0. The lowest BCUT2D eigenvalue weighted by molar-refractivity contribution is 0.567. The molecule has 1 aromatic heterocycles. The molecule has 2 aromatic rings. The Hall–Kier alpha value is -1.94. The highest BCUT2D eigenvalue weighted by Gasteiger charge is 1.76. The van der Waals surface area contributed by atoms with Crippen LogP contribution in [0.4, 0.5) is 0 Å². The summed E-state index contributed by atoms with van der Waals surface area (Å²) in [4.78, 5) is 0. The molecule has 1 nitrogen and oxygen atoms in total. The van der Waals surface area contributed by atoms with E-state index in [9.17, 15) is 0 Å². The second-order valence-corrected chi connectivity index (χ2v) is 2.30. The molecule has 13 heavy (non-hydrogen) atoms. The van der Waals surface area contributed by atoms with Gasteiger partial charge >= 0.3 is 0 Å². The summed E-state index contributed by atoms with van der Waals surface area (Å²) < 4.78 is 4.58. The maximum Gasteiger partial charge on any atom is 0.0902 e. The van der Waals surface area contributed by atoms with Gasteiger partial charge in [-0.25, -0.2) is 0 Å². The molecule has 0 amide bonds. The van der Waals surface area contributed by atoms with Gasteiger partial charge in [0.05, 0.1) is 12.5 Å². The Labute approximate surface area is 78.0 Å². The van der Waals surface area contributed by atoms with Crippen LogP contribution < -0.4 is 0 Å². The van der Waals surface area contributed by atoms with Crippen molar-refractivity contribution in [2.45, 2.75) is 0 Å². The second-order valence-electron chi connectivity index (χ2n) is 2.30. The van der Waals surface area contributed by atoms with E-state index in [2.05, 4.69) is 10.3 Å². The van der Waals surface area contributed by atoms with E-state index in [1.54, 1.807) is 12.5 Å². The van der Waals surface area contributed by atoms with Crippen molar-refractivity contribution in [3.05, 3.63) is 60.6 Å². The Morgan fingerprint density at radius 3 is 1.85 bits per heavy atom. The van der Waals surface area contributed by atoms with Crippen LogP contribution in [0.25, 0.3) is 0 Å². The maximum absolute atomic E-state index is 5.10. The Morgan fingerprint density at radius 2 is 1.54 bits per heavy atom. The Balaban J connectivity index is 0.000000145. The van der Waals surface area contributed by atoms with Crippen molar-refractivity contribution in [3.63, 3.8) is 0 Å². The fraction of sp³-hybridized carbons (Fsp3) is 0. The molecule has 0 aliphatic carbocycles. The molecule has 0 fully saturated rings. The van der Waals surface area contributed by atoms with Crippen molar-refractivity contribution in [3.8, 4) is 12.3 Å². The van der Waals surface area contributed by atoms with Crippen molar-refractivity contribution in [1.82, 2.24) is 0 Å². The van der Waals surface area contributed by atoms with Crippen LogP contribution in [-0.4, -0.2) is 0 Å². The fourth-order valence-corrected chi connectivity index (χ4v) is 0.761. The van der Waals surface area contributed by atoms with Crippen LogP contribution in [0, 0.1) is 12.3 Å². The minimum Gasteiger partial charge on any atom is -0.473 e. The lowest BCUT2D eigenvalue weighted by atomic mass is 10.2.